The van der Waals surface area contributed by atoms with Crippen LogP contribution in [-0.4, -0.2) is 61.8 Å². The van der Waals surface area contributed by atoms with Crippen LogP contribution >= 0.6 is 0 Å². The maximum atomic E-state index is 5.48. The highest BCUT2D eigenvalue weighted by Gasteiger charge is 2.26. The molecule has 3 rings (SSSR count). The fourth-order valence-corrected chi connectivity index (χ4v) is 3.63. The molecular weight excluding hydrogens is 260 g/mol. The molecule has 2 heterocycles. The minimum absolute atomic E-state index is 0.763. The van der Waals surface area contributed by atoms with E-state index in [0.29, 0.717) is 0 Å². The molecule has 21 heavy (non-hydrogen) atoms. The van der Waals surface area contributed by atoms with Gasteiger partial charge in [-0.1, -0.05) is 30.3 Å². The Hall–Kier alpha value is -0.900. The summed E-state index contributed by atoms with van der Waals surface area (Å²) in [5.74, 6) is 0. The van der Waals surface area contributed by atoms with Crippen LogP contribution < -0.4 is 0 Å². The Kier molecular flexibility index (Phi) is 5.67. The van der Waals surface area contributed by atoms with E-state index in [1.165, 1.54) is 50.9 Å². The van der Waals surface area contributed by atoms with Crippen molar-refractivity contribution in [3.8, 4) is 0 Å². The summed E-state index contributed by atoms with van der Waals surface area (Å²) in [6.45, 7) is 7.89. The number of nitrogens with zero attached hydrogens (tertiary/aromatic N) is 2. The molecule has 0 amide bonds. The highest BCUT2D eigenvalue weighted by molar-refractivity contribution is 5.14. The number of rotatable bonds is 5. The molecule has 0 N–H and O–H groups in total. The van der Waals surface area contributed by atoms with E-state index < -0.39 is 0 Å². The van der Waals surface area contributed by atoms with E-state index >= 15 is 0 Å². The average Bonchev–Trinajstić information content (AvgIpc) is 2.57. The van der Waals surface area contributed by atoms with Crippen LogP contribution in [0.2, 0.25) is 0 Å². The largest absolute Gasteiger partial charge is 0.379 e. The van der Waals surface area contributed by atoms with E-state index in [1.807, 2.05) is 0 Å². The number of hydrogen-bond acceptors (Lipinski definition) is 3. The van der Waals surface area contributed by atoms with Gasteiger partial charge in [-0.15, -0.1) is 0 Å². The van der Waals surface area contributed by atoms with Crippen LogP contribution in [0.5, 0.6) is 0 Å². The summed E-state index contributed by atoms with van der Waals surface area (Å²) >= 11 is 0. The van der Waals surface area contributed by atoms with Crippen molar-refractivity contribution >= 4 is 0 Å². The van der Waals surface area contributed by atoms with E-state index in [0.717, 1.165) is 32.3 Å². The number of aryl methyl sites for hydroxylation is 1. The second-order valence-electron chi connectivity index (χ2n) is 6.33. The first-order valence-corrected chi connectivity index (χ1v) is 8.50. The molecule has 0 bridgehead atoms. The third-order valence-corrected chi connectivity index (χ3v) is 4.83. The van der Waals surface area contributed by atoms with Crippen molar-refractivity contribution in [3.63, 3.8) is 0 Å². The van der Waals surface area contributed by atoms with E-state index in [-0.39, 0.29) is 0 Å². The average molecular weight is 288 g/mol. The second kappa shape index (κ2) is 7.92. The minimum atomic E-state index is 0.763. The van der Waals surface area contributed by atoms with Crippen molar-refractivity contribution in [2.75, 3.05) is 45.9 Å². The van der Waals surface area contributed by atoms with Crippen molar-refractivity contribution in [1.82, 2.24) is 9.80 Å². The van der Waals surface area contributed by atoms with E-state index in [4.69, 9.17) is 4.74 Å². The van der Waals surface area contributed by atoms with Gasteiger partial charge in [0.25, 0.3) is 0 Å². The van der Waals surface area contributed by atoms with Crippen LogP contribution in [0.15, 0.2) is 30.3 Å². The summed E-state index contributed by atoms with van der Waals surface area (Å²) in [4.78, 5) is 5.32. The smallest absolute Gasteiger partial charge is 0.0594 e. The predicted molar refractivity (Wildman–Crippen MR) is 86.6 cm³/mol. The summed E-state index contributed by atoms with van der Waals surface area (Å²) < 4.78 is 5.48. The van der Waals surface area contributed by atoms with Gasteiger partial charge in [0.15, 0.2) is 0 Å². The van der Waals surface area contributed by atoms with Crippen molar-refractivity contribution in [1.29, 1.82) is 0 Å². The number of morpholine rings is 1. The lowest BCUT2D eigenvalue weighted by Gasteiger charge is -2.41. The SMILES string of the molecule is c1ccc(CCCN2CCC[C@@H](N3CCOCC3)C2)cc1. The normalized spacial score (nSPS) is 25.0. The van der Waals surface area contributed by atoms with Crippen LogP contribution in [0.25, 0.3) is 0 Å². The molecule has 2 aliphatic heterocycles. The van der Waals surface area contributed by atoms with Gasteiger partial charge in [0, 0.05) is 25.7 Å². The standard InChI is InChI=1S/C18H28N2O/c1-2-6-17(7-3-1)8-4-10-19-11-5-9-18(16-19)20-12-14-21-15-13-20/h1-3,6-7,18H,4-5,8-16H2/t18-/m1/s1. The van der Waals surface area contributed by atoms with Crippen LogP contribution in [0.3, 0.4) is 0 Å². The van der Waals surface area contributed by atoms with Gasteiger partial charge in [0.2, 0.25) is 0 Å². The Balaban J connectivity index is 1.41. The Bertz CT molecular complexity index is 403. The van der Waals surface area contributed by atoms with Gasteiger partial charge in [-0.05, 0) is 44.3 Å². The molecule has 2 fully saturated rings. The van der Waals surface area contributed by atoms with Crippen LogP contribution in [0.4, 0.5) is 0 Å². The molecule has 1 atom stereocenters. The van der Waals surface area contributed by atoms with Gasteiger partial charge in [0.05, 0.1) is 13.2 Å². The lowest BCUT2D eigenvalue weighted by Crippen LogP contribution is -2.51. The van der Waals surface area contributed by atoms with Gasteiger partial charge in [-0.25, -0.2) is 0 Å². The molecule has 3 nitrogen and oxygen atoms in total. The molecule has 0 saturated carbocycles. The third-order valence-electron chi connectivity index (χ3n) is 4.83. The quantitative estimate of drug-likeness (QED) is 0.827. The van der Waals surface area contributed by atoms with E-state index in [9.17, 15) is 0 Å². The highest BCUT2D eigenvalue weighted by Crippen LogP contribution is 2.17. The molecule has 0 radical (unpaired) electrons. The highest BCUT2D eigenvalue weighted by atomic mass is 16.5. The lowest BCUT2D eigenvalue weighted by atomic mass is 10.0. The van der Waals surface area contributed by atoms with Gasteiger partial charge in [0.1, 0.15) is 0 Å². The zero-order valence-electron chi connectivity index (χ0n) is 13.0. The topological polar surface area (TPSA) is 15.7 Å². The number of ether oxygens (including phenoxy) is 1. The molecule has 0 aromatic heterocycles. The van der Waals surface area contributed by atoms with Crippen molar-refractivity contribution in [2.24, 2.45) is 0 Å². The second-order valence-corrected chi connectivity index (χ2v) is 6.33. The molecule has 116 valence electrons. The first-order valence-electron chi connectivity index (χ1n) is 8.50. The minimum Gasteiger partial charge on any atom is -0.379 e. The molecule has 0 aliphatic carbocycles. The Morgan fingerprint density at radius 2 is 1.86 bits per heavy atom. The molecule has 0 spiro atoms. The van der Waals surface area contributed by atoms with Gasteiger partial charge >= 0.3 is 0 Å². The molecular formula is C18H28N2O. The summed E-state index contributed by atoms with van der Waals surface area (Å²) in [6.07, 6.45) is 5.21. The van der Waals surface area contributed by atoms with Crippen molar-refractivity contribution in [2.45, 2.75) is 31.7 Å². The molecule has 0 unspecified atom stereocenters. The summed E-state index contributed by atoms with van der Waals surface area (Å²) in [7, 11) is 0. The van der Waals surface area contributed by atoms with Gasteiger partial charge in [-0.3, -0.25) is 4.90 Å². The van der Waals surface area contributed by atoms with Crippen LogP contribution in [0, 0.1) is 0 Å². The van der Waals surface area contributed by atoms with Gasteiger partial charge < -0.3 is 9.64 Å². The Morgan fingerprint density at radius 3 is 2.67 bits per heavy atom. The zero-order chi connectivity index (χ0) is 14.3. The van der Waals surface area contributed by atoms with Crippen LogP contribution in [0.1, 0.15) is 24.8 Å². The summed E-state index contributed by atoms with van der Waals surface area (Å²) in [6, 6.07) is 11.6. The number of piperidine rings is 1. The molecule has 1 aromatic rings. The fourth-order valence-electron chi connectivity index (χ4n) is 3.63. The number of hydrogen-bond donors (Lipinski definition) is 0. The maximum Gasteiger partial charge on any atom is 0.0594 e. The molecule has 2 saturated heterocycles. The fraction of sp³-hybridized carbons (Fsp3) is 0.667. The van der Waals surface area contributed by atoms with Crippen molar-refractivity contribution < 1.29 is 4.74 Å². The van der Waals surface area contributed by atoms with E-state index in [2.05, 4.69) is 40.1 Å². The number of likely N-dealkylation sites (tertiary alicyclic amines) is 1. The van der Waals surface area contributed by atoms with Crippen LogP contribution in [-0.2, 0) is 11.2 Å². The molecule has 1 aromatic carbocycles. The van der Waals surface area contributed by atoms with E-state index in [1.54, 1.807) is 0 Å². The Labute approximate surface area is 128 Å². The first kappa shape index (κ1) is 15.0. The third kappa shape index (κ3) is 4.53. The molecule has 2 aliphatic rings. The first-order chi connectivity index (χ1) is 10.4. The van der Waals surface area contributed by atoms with Gasteiger partial charge in [-0.2, -0.15) is 0 Å². The number of benzene rings is 1. The zero-order valence-corrected chi connectivity index (χ0v) is 13.0. The lowest BCUT2D eigenvalue weighted by molar-refractivity contribution is -0.00263. The van der Waals surface area contributed by atoms with Crippen molar-refractivity contribution in [3.05, 3.63) is 35.9 Å². The summed E-state index contributed by atoms with van der Waals surface area (Å²) in [5, 5.41) is 0. The monoisotopic (exact) mass is 288 g/mol. The Morgan fingerprint density at radius 1 is 1.05 bits per heavy atom. The maximum absolute atomic E-state index is 5.48. The molecule has 3 heteroatoms. The predicted octanol–water partition coefficient (Wildman–Crippen LogP) is 2.42. The summed E-state index contributed by atoms with van der Waals surface area (Å²) in [5.41, 5.74) is 1.47.